The average molecular weight is 553 g/mol. The second kappa shape index (κ2) is 17.5. The molecule has 0 bridgehead atoms. The summed E-state index contributed by atoms with van der Waals surface area (Å²) < 4.78 is 11.7. The fourth-order valence-electron chi connectivity index (χ4n) is 4.91. The smallest absolute Gasteiger partial charge is 0.0901 e. The lowest BCUT2D eigenvalue weighted by atomic mass is 9.88. The van der Waals surface area contributed by atoms with Crippen molar-refractivity contribution >= 4 is 12.4 Å². The first-order valence-electron chi connectivity index (χ1n) is 15.2. The van der Waals surface area contributed by atoms with Gasteiger partial charge in [0, 0.05) is 39.0 Å². The molecule has 0 spiro atoms. The van der Waals surface area contributed by atoms with Crippen molar-refractivity contribution in [1.82, 2.24) is 0 Å². The number of methoxy groups -OCH3 is 1. The Kier molecular flexibility index (Phi) is 13.7. The lowest BCUT2D eigenvalue weighted by Gasteiger charge is -2.31. The second-order valence-corrected chi connectivity index (χ2v) is 10.6. The van der Waals surface area contributed by atoms with Gasteiger partial charge in [-0.25, -0.2) is 0 Å². The molecule has 0 fully saturated rings. The molecular weight excluding hydrogens is 504 g/mol. The highest BCUT2D eigenvalue weighted by Gasteiger charge is 2.28. The zero-order valence-electron chi connectivity index (χ0n) is 25.5. The first kappa shape index (κ1) is 32.2. The Balaban J connectivity index is 0.000000226. The van der Waals surface area contributed by atoms with E-state index in [1.165, 1.54) is 25.7 Å². The van der Waals surface area contributed by atoms with Gasteiger partial charge in [-0.2, -0.15) is 0 Å². The number of rotatable bonds is 13. The van der Waals surface area contributed by atoms with Gasteiger partial charge in [-0.3, -0.25) is 9.98 Å². The van der Waals surface area contributed by atoms with Gasteiger partial charge in [-0.05, 0) is 43.0 Å². The van der Waals surface area contributed by atoms with Gasteiger partial charge in [0.2, 0.25) is 0 Å². The minimum Gasteiger partial charge on any atom is -0.374 e. The SMILES string of the molecule is CCCCC1(OC)C=CC(N=Cc2ccccc2)=CC1.CCCCC1(OCC)C=CC(N=Cc2ccccc2)=CC1. The standard InChI is InChI=1S/C19H25NO.C18H23NO/c1-3-5-13-19(21-4-2)14-11-18(12-15-19)20-16-17-9-7-6-8-10-17;1-3-4-12-18(20-2)13-10-17(11-14-18)19-15-16-8-6-5-7-9-16/h6-12,14,16H,3-5,13,15H2,1-2H3;5-11,13,15H,3-4,12,14H2,1-2H3. The fraction of sp³-hybridized carbons (Fsp3) is 0.405. The van der Waals surface area contributed by atoms with Crippen molar-refractivity contribution in [3.63, 3.8) is 0 Å². The summed E-state index contributed by atoms with van der Waals surface area (Å²) in [5, 5.41) is 0. The van der Waals surface area contributed by atoms with E-state index < -0.39 is 0 Å². The van der Waals surface area contributed by atoms with Crippen molar-refractivity contribution in [2.45, 2.75) is 83.3 Å². The molecule has 0 saturated heterocycles. The Hall–Kier alpha value is -3.34. The van der Waals surface area contributed by atoms with Crippen LogP contribution >= 0.6 is 0 Å². The lowest BCUT2D eigenvalue weighted by molar-refractivity contribution is -0.00746. The number of allylic oxidation sites excluding steroid dienone is 2. The van der Waals surface area contributed by atoms with Gasteiger partial charge in [0.15, 0.2) is 0 Å². The molecule has 0 radical (unpaired) electrons. The average Bonchev–Trinajstić information content (AvgIpc) is 3.03. The van der Waals surface area contributed by atoms with E-state index in [0.29, 0.717) is 0 Å². The van der Waals surface area contributed by atoms with Crippen LogP contribution in [0.1, 0.15) is 83.3 Å². The molecule has 0 saturated carbocycles. The number of ether oxygens (including phenoxy) is 2. The van der Waals surface area contributed by atoms with Crippen molar-refractivity contribution in [3.8, 4) is 0 Å². The molecule has 4 heteroatoms. The third-order valence-electron chi connectivity index (χ3n) is 7.50. The van der Waals surface area contributed by atoms with Gasteiger partial charge in [0.05, 0.1) is 22.6 Å². The number of hydrogen-bond acceptors (Lipinski definition) is 4. The molecule has 2 atom stereocenters. The van der Waals surface area contributed by atoms with Crippen LogP contribution in [0.15, 0.2) is 118 Å². The monoisotopic (exact) mass is 552 g/mol. The van der Waals surface area contributed by atoms with Crippen molar-refractivity contribution in [1.29, 1.82) is 0 Å². The number of hydrogen-bond donors (Lipinski definition) is 0. The van der Waals surface area contributed by atoms with Crippen LogP contribution in [0.5, 0.6) is 0 Å². The Labute approximate surface area is 248 Å². The van der Waals surface area contributed by atoms with E-state index >= 15 is 0 Å². The van der Waals surface area contributed by atoms with Crippen molar-refractivity contribution in [2.75, 3.05) is 13.7 Å². The van der Waals surface area contributed by atoms with Gasteiger partial charge in [-0.1, -0.05) is 124 Å². The maximum atomic E-state index is 6.00. The van der Waals surface area contributed by atoms with Crippen LogP contribution < -0.4 is 0 Å². The summed E-state index contributed by atoms with van der Waals surface area (Å²) >= 11 is 0. The van der Waals surface area contributed by atoms with E-state index in [0.717, 1.165) is 54.8 Å². The molecule has 2 aromatic rings. The summed E-state index contributed by atoms with van der Waals surface area (Å²) in [7, 11) is 1.80. The third-order valence-corrected chi connectivity index (χ3v) is 7.50. The fourth-order valence-corrected chi connectivity index (χ4v) is 4.91. The van der Waals surface area contributed by atoms with Gasteiger partial charge in [-0.15, -0.1) is 0 Å². The maximum absolute atomic E-state index is 6.00. The van der Waals surface area contributed by atoms with Crippen LogP contribution in [-0.4, -0.2) is 37.3 Å². The van der Waals surface area contributed by atoms with Gasteiger partial charge >= 0.3 is 0 Å². The Morgan fingerprint density at radius 3 is 1.54 bits per heavy atom. The van der Waals surface area contributed by atoms with E-state index in [1.54, 1.807) is 7.11 Å². The third kappa shape index (κ3) is 10.9. The highest BCUT2D eigenvalue weighted by atomic mass is 16.5. The number of aliphatic imine (C=N–C) groups is 2. The molecule has 41 heavy (non-hydrogen) atoms. The van der Waals surface area contributed by atoms with E-state index in [9.17, 15) is 0 Å². The summed E-state index contributed by atoms with van der Waals surface area (Å²) in [4.78, 5) is 9.08. The van der Waals surface area contributed by atoms with Crippen molar-refractivity contribution < 1.29 is 9.47 Å². The van der Waals surface area contributed by atoms with Crippen LogP contribution in [0.2, 0.25) is 0 Å². The first-order chi connectivity index (χ1) is 20.1. The Bertz CT molecular complexity index is 1210. The van der Waals surface area contributed by atoms with Gasteiger partial charge in [0.25, 0.3) is 0 Å². The van der Waals surface area contributed by atoms with Crippen LogP contribution in [0.4, 0.5) is 0 Å². The number of unbranched alkanes of at least 4 members (excludes halogenated alkanes) is 2. The molecule has 2 aromatic carbocycles. The molecule has 0 N–H and O–H groups in total. The highest BCUT2D eigenvalue weighted by molar-refractivity contribution is 5.81. The molecule has 0 heterocycles. The van der Waals surface area contributed by atoms with Crippen molar-refractivity contribution in [2.24, 2.45) is 9.98 Å². The quantitative estimate of drug-likeness (QED) is 0.232. The minimum absolute atomic E-state index is 0.115. The molecule has 2 unspecified atom stereocenters. The largest absolute Gasteiger partial charge is 0.374 e. The molecule has 4 nitrogen and oxygen atoms in total. The van der Waals surface area contributed by atoms with E-state index in [1.807, 2.05) is 48.8 Å². The summed E-state index contributed by atoms with van der Waals surface area (Å²) in [6.45, 7) is 7.25. The molecule has 0 aliphatic heterocycles. The van der Waals surface area contributed by atoms with Gasteiger partial charge in [0.1, 0.15) is 0 Å². The molecule has 4 rings (SSSR count). The zero-order chi connectivity index (χ0) is 29.2. The zero-order valence-corrected chi connectivity index (χ0v) is 25.5. The van der Waals surface area contributed by atoms with Crippen molar-refractivity contribution in [3.05, 3.63) is 120 Å². The van der Waals surface area contributed by atoms with Crippen LogP contribution in [-0.2, 0) is 9.47 Å². The predicted octanol–water partition coefficient (Wildman–Crippen LogP) is 9.44. The summed E-state index contributed by atoms with van der Waals surface area (Å²) in [5.41, 5.74) is 4.04. The van der Waals surface area contributed by atoms with Crippen LogP contribution in [0, 0.1) is 0 Å². The van der Waals surface area contributed by atoms with E-state index in [2.05, 4.69) is 91.5 Å². The maximum Gasteiger partial charge on any atom is 0.0901 e. The molecule has 2 aliphatic rings. The normalized spacial score (nSPS) is 22.0. The Morgan fingerprint density at radius 2 is 1.15 bits per heavy atom. The first-order valence-corrected chi connectivity index (χ1v) is 15.2. The minimum atomic E-state index is -0.123. The van der Waals surface area contributed by atoms with E-state index in [-0.39, 0.29) is 11.2 Å². The Morgan fingerprint density at radius 1 is 0.683 bits per heavy atom. The predicted molar refractivity (Wildman–Crippen MR) is 175 cm³/mol. The molecular formula is C37H48N2O2. The summed E-state index contributed by atoms with van der Waals surface area (Å²) in [6.07, 6.45) is 25.5. The van der Waals surface area contributed by atoms with Crippen LogP contribution in [0.3, 0.4) is 0 Å². The topological polar surface area (TPSA) is 43.2 Å². The molecule has 0 amide bonds. The molecule has 2 aliphatic carbocycles. The van der Waals surface area contributed by atoms with Crippen LogP contribution in [0.25, 0.3) is 0 Å². The molecule has 218 valence electrons. The molecule has 0 aromatic heterocycles. The summed E-state index contributed by atoms with van der Waals surface area (Å²) in [6, 6.07) is 20.3. The number of benzene rings is 2. The van der Waals surface area contributed by atoms with E-state index in [4.69, 9.17) is 9.47 Å². The second-order valence-electron chi connectivity index (χ2n) is 10.6. The van der Waals surface area contributed by atoms with Gasteiger partial charge < -0.3 is 9.47 Å². The summed E-state index contributed by atoms with van der Waals surface area (Å²) in [5.74, 6) is 0. The highest BCUT2D eigenvalue weighted by Crippen LogP contribution is 2.31. The number of nitrogens with zero attached hydrogens (tertiary/aromatic N) is 2. The lowest BCUT2D eigenvalue weighted by Crippen LogP contribution is -2.31.